The number of nitrogens with two attached hydrogens (primary N) is 1. The van der Waals surface area contributed by atoms with E-state index in [1.807, 2.05) is 13.8 Å². The molecule has 0 heterocycles. The summed E-state index contributed by atoms with van der Waals surface area (Å²) in [6.45, 7) is 5.50. The van der Waals surface area contributed by atoms with E-state index in [0.29, 0.717) is 26.2 Å². The van der Waals surface area contributed by atoms with E-state index in [0.717, 1.165) is 12.0 Å². The molecule has 0 saturated carbocycles. The molecule has 0 unspecified atom stereocenters. The summed E-state index contributed by atoms with van der Waals surface area (Å²) in [5.41, 5.74) is 6.94. The van der Waals surface area contributed by atoms with Gasteiger partial charge in [0.15, 0.2) is 0 Å². The fraction of sp³-hybridized carbons (Fsp3) is 0.538. The Morgan fingerprint density at radius 3 is 2.68 bits per heavy atom. The number of rotatable bonds is 8. The lowest BCUT2D eigenvalue weighted by Gasteiger charge is -2.09. The number of ether oxygens (including phenoxy) is 1. The van der Waals surface area contributed by atoms with E-state index < -0.39 is 10.0 Å². The Hall–Kier alpha value is -1.11. The molecule has 1 aromatic rings. The highest BCUT2D eigenvalue weighted by Gasteiger charge is 2.16. The fourth-order valence-electron chi connectivity index (χ4n) is 1.62. The Kier molecular flexibility index (Phi) is 6.27. The van der Waals surface area contributed by atoms with Gasteiger partial charge in [-0.2, -0.15) is 0 Å². The maximum absolute atomic E-state index is 12.0. The highest BCUT2D eigenvalue weighted by atomic mass is 32.2. The second-order valence-electron chi connectivity index (χ2n) is 4.40. The molecule has 19 heavy (non-hydrogen) atoms. The van der Waals surface area contributed by atoms with Crippen LogP contribution in [0.3, 0.4) is 0 Å². The zero-order chi connectivity index (χ0) is 14.3. The zero-order valence-electron chi connectivity index (χ0n) is 11.5. The average Bonchev–Trinajstić information content (AvgIpc) is 2.33. The third kappa shape index (κ3) is 5.18. The minimum Gasteiger partial charge on any atom is -0.398 e. The van der Waals surface area contributed by atoms with E-state index in [1.165, 1.54) is 6.07 Å². The molecule has 0 aliphatic carbocycles. The zero-order valence-corrected chi connectivity index (χ0v) is 12.3. The van der Waals surface area contributed by atoms with Crippen LogP contribution in [0.1, 0.15) is 25.3 Å². The molecular weight excluding hydrogens is 264 g/mol. The number of aryl methyl sites for hydroxylation is 1. The SMILES string of the molecule is CCCOCCCNS(=O)(=O)c1ccc(C)cc1N. The minimum absolute atomic E-state index is 0.132. The van der Waals surface area contributed by atoms with Crippen molar-refractivity contribution in [1.29, 1.82) is 0 Å². The van der Waals surface area contributed by atoms with Crippen molar-refractivity contribution in [2.75, 3.05) is 25.5 Å². The van der Waals surface area contributed by atoms with Crippen molar-refractivity contribution in [3.63, 3.8) is 0 Å². The lowest BCUT2D eigenvalue weighted by atomic mass is 10.2. The fourth-order valence-corrected chi connectivity index (χ4v) is 2.80. The van der Waals surface area contributed by atoms with Gasteiger partial charge in [-0.25, -0.2) is 13.1 Å². The third-order valence-corrected chi connectivity index (χ3v) is 4.10. The molecule has 108 valence electrons. The first-order valence-corrected chi connectivity index (χ1v) is 7.89. The molecule has 0 spiro atoms. The van der Waals surface area contributed by atoms with Gasteiger partial charge in [0.2, 0.25) is 10.0 Å². The number of anilines is 1. The topological polar surface area (TPSA) is 81.4 Å². The summed E-state index contributed by atoms with van der Waals surface area (Å²) in [6.07, 6.45) is 1.61. The van der Waals surface area contributed by atoms with Crippen LogP contribution in [-0.4, -0.2) is 28.2 Å². The molecule has 0 amide bonds. The lowest BCUT2D eigenvalue weighted by molar-refractivity contribution is 0.133. The standard InChI is InChI=1S/C13H22N2O3S/c1-3-8-18-9-4-7-15-19(16,17)13-6-5-11(2)10-12(13)14/h5-6,10,15H,3-4,7-9,14H2,1-2H3. The molecule has 0 aromatic heterocycles. The molecule has 0 aliphatic rings. The van der Waals surface area contributed by atoms with E-state index in [1.54, 1.807) is 12.1 Å². The number of benzene rings is 1. The van der Waals surface area contributed by atoms with Crippen molar-refractivity contribution < 1.29 is 13.2 Å². The molecule has 6 heteroatoms. The van der Waals surface area contributed by atoms with Crippen LogP contribution in [-0.2, 0) is 14.8 Å². The van der Waals surface area contributed by atoms with Gasteiger partial charge in [-0.3, -0.25) is 0 Å². The van der Waals surface area contributed by atoms with Crippen LogP contribution in [0.25, 0.3) is 0 Å². The van der Waals surface area contributed by atoms with Crippen LogP contribution in [0.2, 0.25) is 0 Å². The number of nitrogen functional groups attached to an aromatic ring is 1. The summed E-state index contributed by atoms with van der Waals surface area (Å²) >= 11 is 0. The molecule has 1 rings (SSSR count). The third-order valence-electron chi connectivity index (χ3n) is 2.56. The van der Waals surface area contributed by atoms with E-state index in [4.69, 9.17) is 10.5 Å². The van der Waals surface area contributed by atoms with E-state index in [9.17, 15) is 8.42 Å². The maximum atomic E-state index is 12.0. The molecule has 0 radical (unpaired) electrons. The van der Waals surface area contributed by atoms with Gasteiger partial charge in [-0.1, -0.05) is 13.0 Å². The molecule has 1 aromatic carbocycles. The first-order chi connectivity index (χ1) is 8.97. The Labute approximate surface area is 115 Å². The highest BCUT2D eigenvalue weighted by molar-refractivity contribution is 7.89. The molecule has 0 fully saturated rings. The van der Waals surface area contributed by atoms with Crippen molar-refractivity contribution in [2.24, 2.45) is 0 Å². The molecule has 0 aliphatic heterocycles. The van der Waals surface area contributed by atoms with Crippen LogP contribution < -0.4 is 10.5 Å². The van der Waals surface area contributed by atoms with Crippen LogP contribution >= 0.6 is 0 Å². The predicted molar refractivity (Wildman–Crippen MR) is 76.5 cm³/mol. The minimum atomic E-state index is -3.53. The highest BCUT2D eigenvalue weighted by Crippen LogP contribution is 2.18. The number of hydrogen-bond donors (Lipinski definition) is 2. The normalized spacial score (nSPS) is 11.7. The number of sulfonamides is 1. The molecular formula is C13H22N2O3S. The molecule has 3 N–H and O–H groups in total. The Balaban J connectivity index is 2.52. The maximum Gasteiger partial charge on any atom is 0.242 e. The number of nitrogens with one attached hydrogen (secondary N) is 1. The van der Waals surface area contributed by atoms with Crippen LogP contribution in [0, 0.1) is 6.92 Å². The van der Waals surface area contributed by atoms with Crippen LogP contribution in [0.5, 0.6) is 0 Å². The second-order valence-corrected chi connectivity index (χ2v) is 6.14. The van der Waals surface area contributed by atoms with Crippen molar-refractivity contribution in [3.8, 4) is 0 Å². The monoisotopic (exact) mass is 286 g/mol. The van der Waals surface area contributed by atoms with Gasteiger partial charge < -0.3 is 10.5 Å². The van der Waals surface area contributed by atoms with Crippen molar-refractivity contribution in [3.05, 3.63) is 23.8 Å². The van der Waals surface area contributed by atoms with Gasteiger partial charge in [0.05, 0.1) is 5.69 Å². The Bertz CT molecular complexity index is 501. The molecule has 0 atom stereocenters. The molecule has 0 saturated heterocycles. The first kappa shape index (κ1) is 15.9. The van der Waals surface area contributed by atoms with Crippen molar-refractivity contribution >= 4 is 15.7 Å². The van der Waals surface area contributed by atoms with E-state index in [2.05, 4.69) is 4.72 Å². The quantitative estimate of drug-likeness (QED) is 0.562. The van der Waals surface area contributed by atoms with Crippen molar-refractivity contribution in [1.82, 2.24) is 4.72 Å². The van der Waals surface area contributed by atoms with Crippen LogP contribution in [0.15, 0.2) is 23.1 Å². The predicted octanol–water partition coefficient (Wildman–Crippen LogP) is 1.67. The summed E-state index contributed by atoms with van der Waals surface area (Å²) in [5.74, 6) is 0. The average molecular weight is 286 g/mol. The lowest BCUT2D eigenvalue weighted by Crippen LogP contribution is -2.26. The smallest absolute Gasteiger partial charge is 0.242 e. The van der Waals surface area contributed by atoms with E-state index in [-0.39, 0.29) is 10.6 Å². The first-order valence-electron chi connectivity index (χ1n) is 6.41. The summed E-state index contributed by atoms with van der Waals surface area (Å²) < 4.78 is 31.9. The summed E-state index contributed by atoms with van der Waals surface area (Å²) in [6, 6.07) is 4.91. The van der Waals surface area contributed by atoms with Gasteiger partial charge in [-0.15, -0.1) is 0 Å². The van der Waals surface area contributed by atoms with Crippen LogP contribution in [0.4, 0.5) is 5.69 Å². The van der Waals surface area contributed by atoms with Gasteiger partial charge in [-0.05, 0) is 37.5 Å². The second kappa shape index (κ2) is 7.47. The summed E-state index contributed by atoms with van der Waals surface area (Å²) in [4.78, 5) is 0.132. The van der Waals surface area contributed by atoms with E-state index >= 15 is 0 Å². The van der Waals surface area contributed by atoms with Gasteiger partial charge in [0.1, 0.15) is 4.90 Å². The van der Waals surface area contributed by atoms with Gasteiger partial charge in [0, 0.05) is 19.8 Å². The van der Waals surface area contributed by atoms with Crippen molar-refractivity contribution in [2.45, 2.75) is 31.6 Å². The Morgan fingerprint density at radius 2 is 2.05 bits per heavy atom. The summed E-state index contributed by atoms with van der Waals surface area (Å²) in [7, 11) is -3.53. The molecule has 0 bridgehead atoms. The molecule has 5 nitrogen and oxygen atoms in total. The van der Waals surface area contributed by atoms with Gasteiger partial charge >= 0.3 is 0 Å². The largest absolute Gasteiger partial charge is 0.398 e. The Morgan fingerprint density at radius 1 is 1.32 bits per heavy atom. The van der Waals surface area contributed by atoms with Gasteiger partial charge in [0.25, 0.3) is 0 Å². The summed E-state index contributed by atoms with van der Waals surface area (Å²) in [5, 5.41) is 0. The number of hydrogen-bond acceptors (Lipinski definition) is 4.